The van der Waals surface area contributed by atoms with Crippen LogP contribution in [0.1, 0.15) is 25.6 Å². The standard InChI is InChI=1S/C16H19NO2S2/c1-16(2,3)19-15(18)17-11-13-9-10-14(21-13)20-12-7-5-4-6-8-12/h4-10H,11H2,1-3H3,(H,17,18). The highest BCUT2D eigenvalue weighted by Gasteiger charge is 2.15. The van der Waals surface area contributed by atoms with Gasteiger partial charge in [-0.15, -0.1) is 11.3 Å². The first-order chi connectivity index (χ1) is 9.92. The Labute approximate surface area is 133 Å². The van der Waals surface area contributed by atoms with E-state index in [0.29, 0.717) is 6.54 Å². The Kier molecular flexibility index (Phi) is 5.31. The van der Waals surface area contributed by atoms with Crippen molar-refractivity contribution in [2.24, 2.45) is 0 Å². The molecule has 0 aliphatic rings. The maximum Gasteiger partial charge on any atom is 0.407 e. The number of hydrogen-bond acceptors (Lipinski definition) is 4. The number of nitrogens with one attached hydrogen (secondary N) is 1. The molecule has 0 unspecified atom stereocenters. The van der Waals surface area contributed by atoms with Crippen LogP contribution in [-0.4, -0.2) is 11.7 Å². The lowest BCUT2D eigenvalue weighted by molar-refractivity contribution is 0.0524. The van der Waals surface area contributed by atoms with E-state index in [0.717, 1.165) is 4.88 Å². The van der Waals surface area contributed by atoms with Crippen molar-refractivity contribution in [2.75, 3.05) is 0 Å². The van der Waals surface area contributed by atoms with Crippen molar-refractivity contribution >= 4 is 29.2 Å². The number of rotatable bonds is 4. The first-order valence-electron chi connectivity index (χ1n) is 6.71. The molecule has 0 atom stereocenters. The molecule has 0 fully saturated rings. The lowest BCUT2D eigenvalue weighted by Crippen LogP contribution is -2.31. The Morgan fingerprint density at radius 1 is 1.19 bits per heavy atom. The van der Waals surface area contributed by atoms with E-state index in [2.05, 4.69) is 23.5 Å². The third kappa shape index (κ3) is 5.81. The summed E-state index contributed by atoms with van der Waals surface area (Å²) in [4.78, 5) is 13.9. The zero-order valence-corrected chi connectivity index (χ0v) is 14.0. The summed E-state index contributed by atoms with van der Waals surface area (Å²) in [6, 6.07) is 14.4. The van der Waals surface area contributed by atoms with Gasteiger partial charge in [0.2, 0.25) is 0 Å². The topological polar surface area (TPSA) is 38.3 Å². The number of ether oxygens (including phenoxy) is 1. The Bertz CT molecular complexity index is 588. The van der Waals surface area contributed by atoms with Crippen LogP contribution in [0.15, 0.2) is 51.6 Å². The average Bonchev–Trinajstić information content (AvgIpc) is 2.83. The summed E-state index contributed by atoms with van der Waals surface area (Å²) < 4.78 is 6.42. The maximum absolute atomic E-state index is 11.6. The molecule has 1 aromatic carbocycles. The Balaban J connectivity index is 1.85. The maximum atomic E-state index is 11.6. The molecule has 1 aromatic heterocycles. The molecule has 0 saturated carbocycles. The van der Waals surface area contributed by atoms with E-state index in [9.17, 15) is 4.79 Å². The normalized spacial score (nSPS) is 11.2. The average molecular weight is 321 g/mol. The van der Waals surface area contributed by atoms with Crippen molar-refractivity contribution in [3.63, 3.8) is 0 Å². The second-order valence-corrected chi connectivity index (χ2v) is 8.03. The fraction of sp³-hybridized carbons (Fsp3) is 0.312. The molecule has 1 heterocycles. The summed E-state index contributed by atoms with van der Waals surface area (Å²) in [5.41, 5.74) is -0.464. The third-order valence-corrected chi connectivity index (χ3v) is 4.63. The predicted molar refractivity (Wildman–Crippen MR) is 88.0 cm³/mol. The minimum Gasteiger partial charge on any atom is -0.444 e. The molecule has 0 aliphatic heterocycles. The van der Waals surface area contributed by atoms with Crippen LogP contribution in [-0.2, 0) is 11.3 Å². The minimum atomic E-state index is -0.464. The van der Waals surface area contributed by atoms with E-state index in [-0.39, 0.29) is 6.09 Å². The van der Waals surface area contributed by atoms with Gasteiger partial charge < -0.3 is 10.1 Å². The first-order valence-corrected chi connectivity index (χ1v) is 8.34. The first kappa shape index (κ1) is 15.9. The van der Waals surface area contributed by atoms with Crippen molar-refractivity contribution in [2.45, 2.75) is 42.0 Å². The van der Waals surface area contributed by atoms with Crippen molar-refractivity contribution < 1.29 is 9.53 Å². The summed E-state index contributed by atoms with van der Waals surface area (Å²) in [6.07, 6.45) is -0.381. The minimum absolute atomic E-state index is 0.381. The molecule has 21 heavy (non-hydrogen) atoms. The van der Waals surface area contributed by atoms with E-state index in [1.165, 1.54) is 9.10 Å². The van der Waals surface area contributed by atoms with Gasteiger partial charge in [-0.25, -0.2) is 4.79 Å². The molecule has 0 aliphatic carbocycles. The van der Waals surface area contributed by atoms with Crippen LogP contribution in [0.4, 0.5) is 4.79 Å². The predicted octanol–water partition coefficient (Wildman–Crippen LogP) is 4.92. The van der Waals surface area contributed by atoms with Gasteiger partial charge in [-0.1, -0.05) is 30.0 Å². The summed E-state index contributed by atoms with van der Waals surface area (Å²) in [5, 5.41) is 2.77. The molecule has 1 N–H and O–H groups in total. The smallest absolute Gasteiger partial charge is 0.407 e. The van der Waals surface area contributed by atoms with Crippen LogP contribution in [0.2, 0.25) is 0 Å². The quantitative estimate of drug-likeness (QED) is 0.868. The van der Waals surface area contributed by atoms with Crippen LogP contribution in [0.3, 0.4) is 0 Å². The second-order valence-electron chi connectivity index (χ2n) is 5.49. The number of benzene rings is 1. The molecule has 3 nitrogen and oxygen atoms in total. The van der Waals surface area contributed by atoms with Crippen molar-refractivity contribution in [1.82, 2.24) is 5.32 Å². The molecule has 5 heteroatoms. The van der Waals surface area contributed by atoms with Crippen molar-refractivity contribution in [3.8, 4) is 0 Å². The highest BCUT2D eigenvalue weighted by atomic mass is 32.2. The fourth-order valence-electron chi connectivity index (χ4n) is 1.59. The van der Waals surface area contributed by atoms with Crippen LogP contribution in [0, 0.1) is 0 Å². The molecule has 2 rings (SSSR count). The monoisotopic (exact) mass is 321 g/mol. The fourth-order valence-corrected chi connectivity index (χ4v) is 3.70. The van der Waals surface area contributed by atoms with Crippen LogP contribution >= 0.6 is 23.1 Å². The molecule has 0 bridgehead atoms. The summed E-state index contributed by atoms with van der Waals surface area (Å²) in [5.74, 6) is 0. The van der Waals surface area contributed by atoms with Gasteiger partial charge in [0.25, 0.3) is 0 Å². The number of carbonyl (C=O) groups excluding carboxylic acids is 1. The van der Waals surface area contributed by atoms with E-state index >= 15 is 0 Å². The highest BCUT2D eigenvalue weighted by molar-refractivity contribution is 8.01. The van der Waals surface area contributed by atoms with Gasteiger partial charge in [-0.3, -0.25) is 0 Å². The van der Waals surface area contributed by atoms with Gasteiger partial charge in [0.15, 0.2) is 0 Å². The highest BCUT2D eigenvalue weighted by Crippen LogP contribution is 2.33. The second kappa shape index (κ2) is 7.00. The molecule has 112 valence electrons. The largest absolute Gasteiger partial charge is 0.444 e. The molecule has 0 radical (unpaired) electrons. The van der Waals surface area contributed by atoms with Gasteiger partial charge in [-0.2, -0.15) is 0 Å². The van der Waals surface area contributed by atoms with Crippen LogP contribution in [0.5, 0.6) is 0 Å². The Morgan fingerprint density at radius 2 is 1.90 bits per heavy atom. The molecular formula is C16H19NO2S2. The summed E-state index contributed by atoms with van der Waals surface area (Å²) in [6.45, 7) is 6.06. The van der Waals surface area contributed by atoms with Gasteiger partial charge in [-0.05, 0) is 45.0 Å². The number of carbonyl (C=O) groups is 1. The van der Waals surface area contributed by atoms with Gasteiger partial charge >= 0.3 is 6.09 Å². The van der Waals surface area contributed by atoms with Crippen LogP contribution < -0.4 is 5.32 Å². The molecular weight excluding hydrogens is 302 g/mol. The molecule has 1 amide bonds. The summed E-state index contributed by atoms with van der Waals surface area (Å²) in [7, 11) is 0. The number of amides is 1. The third-order valence-electron chi connectivity index (χ3n) is 2.40. The van der Waals surface area contributed by atoms with E-state index in [1.807, 2.05) is 45.0 Å². The lowest BCUT2D eigenvalue weighted by atomic mass is 10.2. The number of hydrogen-bond donors (Lipinski definition) is 1. The van der Waals surface area contributed by atoms with Gasteiger partial charge in [0.05, 0.1) is 10.8 Å². The Hall–Kier alpha value is -1.46. The molecule has 0 spiro atoms. The van der Waals surface area contributed by atoms with E-state index < -0.39 is 5.60 Å². The summed E-state index contributed by atoms with van der Waals surface area (Å²) >= 11 is 3.41. The van der Waals surface area contributed by atoms with Gasteiger partial charge in [0, 0.05) is 9.77 Å². The zero-order valence-electron chi connectivity index (χ0n) is 12.4. The van der Waals surface area contributed by atoms with Gasteiger partial charge in [0.1, 0.15) is 5.60 Å². The van der Waals surface area contributed by atoms with Crippen LogP contribution in [0.25, 0.3) is 0 Å². The van der Waals surface area contributed by atoms with Crippen molar-refractivity contribution in [3.05, 3.63) is 47.3 Å². The SMILES string of the molecule is CC(C)(C)OC(=O)NCc1ccc(Sc2ccccc2)s1. The number of thiophene rings is 1. The molecule has 2 aromatic rings. The zero-order chi connectivity index (χ0) is 15.3. The Morgan fingerprint density at radius 3 is 2.57 bits per heavy atom. The molecule has 0 saturated heterocycles. The number of alkyl carbamates (subject to hydrolysis) is 1. The van der Waals surface area contributed by atoms with Crippen molar-refractivity contribution in [1.29, 1.82) is 0 Å². The van der Waals surface area contributed by atoms with E-state index in [4.69, 9.17) is 4.74 Å². The van der Waals surface area contributed by atoms with E-state index in [1.54, 1.807) is 23.1 Å². The lowest BCUT2D eigenvalue weighted by Gasteiger charge is -2.19.